The monoisotopic (exact) mass is 213 g/mol. The number of piperazine rings is 1. The lowest BCUT2D eigenvalue weighted by Crippen LogP contribution is -2.52. The third-order valence-corrected chi connectivity index (χ3v) is 3.38. The van der Waals surface area contributed by atoms with Crippen LogP contribution in [-0.4, -0.2) is 62.2 Å². The molecule has 1 saturated heterocycles. The van der Waals surface area contributed by atoms with Gasteiger partial charge in [0.25, 0.3) is 0 Å². The molecule has 1 rings (SSSR count). The summed E-state index contributed by atoms with van der Waals surface area (Å²) in [5.41, 5.74) is 0. The maximum atomic E-state index is 3.25. The average molecular weight is 213 g/mol. The molecule has 0 bridgehead atoms. The van der Waals surface area contributed by atoms with Gasteiger partial charge in [-0.15, -0.1) is 0 Å². The van der Waals surface area contributed by atoms with Crippen LogP contribution < -0.4 is 5.32 Å². The van der Waals surface area contributed by atoms with Gasteiger partial charge in [0.05, 0.1) is 0 Å². The van der Waals surface area contributed by atoms with E-state index in [1.54, 1.807) is 0 Å². The first-order chi connectivity index (χ1) is 7.17. The number of nitrogens with zero attached hydrogens (tertiary/aromatic N) is 2. The van der Waals surface area contributed by atoms with Crippen molar-refractivity contribution in [3.63, 3.8) is 0 Å². The molecule has 0 spiro atoms. The van der Waals surface area contributed by atoms with Gasteiger partial charge in [0.15, 0.2) is 0 Å². The molecule has 3 nitrogen and oxygen atoms in total. The van der Waals surface area contributed by atoms with Gasteiger partial charge in [0.2, 0.25) is 0 Å². The second-order valence-corrected chi connectivity index (χ2v) is 4.90. The number of hydrogen-bond donors (Lipinski definition) is 1. The van der Waals surface area contributed by atoms with Crippen LogP contribution >= 0.6 is 0 Å². The fourth-order valence-electron chi connectivity index (χ4n) is 2.56. The molecule has 1 N–H and O–H groups in total. The summed E-state index contributed by atoms with van der Waals surface area (Å²) in [6.45, 7) is 14.2. The molecule has 2 unspecified atom stereocenters. The molecule has 0 saturated carbocycles. The second kappa shape index (κ2) is 6.46. The maximum absolute atomic E-state index is 3.25. The molecular formula is C12H27N3. The van der Waals surface area contributed by atoms with E-state index in [1.807, 2.05) is 7.05 Å². The van der Waals surface area contributed by atoms with E-state index in [1.165, 1.54) is 32.7 Å². The highest BCUT2D eigenvalue weighted by molar-refractivity contribution is 4.79. The first-order valence-corrected chi connectivity index (χ1v) is 6.28. The Labute approximate surface area is 94.8 Å². The minimum atomic E-state index is 0.727. The highest BCUT2D eigenvalue weighted by Crippen LogP contribution is 2.10. The lowest BCUT2D eigenvalue weighted by molar-refractivity contribution is 0.0790. The third kappa shape index (κ3) is 4.09. The van der Waals surface area contributed by atoms with Gasteiger partial charge in [-0.25, -0.2) is 0 Å². The summed E-state index contributed by atoms with van der Waals surface area (Å²) in [6.07, 6.45) is 0. The molecule has 1 aliphatic rings. The van der Waals surface area contributed by atoms with Crippen molar-refractivity contribution >= 4 is 0 Å². The van der Waals surface area contributed by atoms with Crippen LogP contribution in [0.2, 0.25) is 0 Å². The van der Waals surface area contributed by atoms with Gasteiger partial charge < -0.3 is 10.2 Å². The summed E-state index contributed by atoms with van der Waals surface area (Å²) < 4.78 is 0. The Balaban J connectivity index is 2.28. The zero-order chi connectivity index (χ0) is 11.3. The van der Waals surface area contributed by atoms with E-state index in [-0.39, 0.29) is 0 Å². The minimum absolute atomic E-state index is 0.727. The largest absolute Gasteiger partial charge is 0.319 e. The van der Waals surface area contributed by atoms with Crippen LogP contribution in [0.4, 0.5) is 0 Å². The minimum Gasteiger partial charge on any atom is -0.319 e. The summed E-state index contributed by atoms with van der Waals surface area (Å²) in [7, 11) is 2.04. The predicted molar refractivity (Wildman–Crippen MR) is 66.2 cm³/mol. The SMILES string of the molecule is CCN1CCN(CC(C)CNC)CC1C. The zero-order valence-electron chi connectivity index (χ0n) is 10.8. The molecule has 0 aromatic carbocycles. The summed E-state index contributed by atoms with van der Waals surface area (Å²) >= 11 is 0. The quantitative estimate of drug-likeness (QED) is 0.731. The lowest BCUT2D eigenvalue weighted by atomic mass is 10.1. The Morgan fingerprint density at radius 1 is 1.40 bits per heavy atom. The van der Waals surface area contributed by atoms with Crippen molar-refractivity contribution in [3.05, 3.63) is 0 Å². The van der Waals surface area contributed by atoms with Crippen molar-refractivity contribution in [2.45, 2.75) is 26.8 Å². The van der Waals surface area contributed by atoms with Gasteiger partial charge in [-0.2, -0.15) is 0 Å². The van der Waals surface area contributed by atoms with E-state index >= 15 is 0 Å². The highest BCUT2D eigenvalue weighted by atomic mass is 15.3. The van der Waals surface area contributed by atoms with E-state index in [0.29, 0.717) is 0 Å². The summed E-state index contributed by atoms with van der Waals surface area (Å²) in [4.78, 5) is 5.18. The topological polar surface area (TPSA) is 18.5 Å². The van der Waals surface area contributed by atoms with Gasteiger partial charge in [0, 0.05) is 32.2 Å². The van der Waals surface area contributed by atoms with Crippen LogP contribution in [0.3, 0.4) is 0 Å². The molecule has 1 aliphatic heterocycles. The van der Waals surface area contributed by atoms with Crippen LogP contribution in [0.25, 0.3) is 0 Å². The van der Waals surface area contributed by atoms with Gasteiger partial charge in [0.1, 0.15) is 0 Å². The van der Waals surface area contributed by atoms with E-state index in [4.69, 9.17) is 0 Å². The van der Waals surface area contributed by atoms with Gasteiger partial charge in [-0.05, 0) is 33.0 Å². The Bertz CT molecular complexity index is 170. The van der Waals surface area contributed by atoms with Crippen molar-refractivity contribution in [2.24, 2.45) is 5.92 Å². The van der Waals surface area contributed by atoms with E-state index < -0.39 is 0 Å². The number of hydrogen-bond acceptors (Lipinski definition) is 3. The Hall–Kier alpha value is -0.120. The first kappa shape index (κ1) is 12.9. The lowest BCUT2D eigenvalue weighted by Gasteiger charge is -2.40. The van der Waals surface area contributed by atoms with Crippen molar-refractivity contribution in [1.82, 2.24) is 15.1 Å². The number of likely N-dealkylation sites (N-methyl/N-ethyl adjacent to an activating group) is 1. The number of rotatable bonds is 5. The van der Waals surface area contributed by atoms with E-state index in [0.717, 1.165) is 18.5 Å². The smallest absolute Gasteiger partial charge is 0.0195 e. The second-order valence-electron chi connectivity index (χ2n) is 4.90. The van der Waals surface area contributed by atoms with Crippen LogP contribution in [0.1, 0.15) is 20.8 Å². The van der Waals surface area contributed by atoms with Crippen LogP contribution in [0, 0.1) is 5.92 Å². The van der Waals surface area contributed by atoms with Crippen molar-refractivity contribution in [2.75, 3.05) is 46.3 Å². The molecule has 3 heteroatoms. The summed E-state index contributed by atoms with van der Waals surface area (Å²) in [6, 6.07) is 0.727. The van der Waals surface area contributed by atoms with Crippen LogP contribution in [-0.2, 0) is 0 Å². The van der Waals surface area contributed by atoms with Gasteiger partial charge in [-0.3, -0.25) is 4.90 Å². The molecule has 2 atom stereocenters. The summed E-state index contributed by atoms with van der Waals surface area (Å²) in [5.74, 6) is 0.760. The first-order valence-electron chi connectivity index (χ1n) is 6.28. The molecule has 0 aromatic rings. The highest BCUT2D eigenvalue weighted by Gasteiger charge is 2.22. The molecule has 1 heterocycles. The summed E-state index contributed by atoms with van der Waals surface area (Å²) in [5, 5.41) is 3.25. The van der Waals surface area contributed by atoms with E-state index in [9.17, 15) is 0 Å². The Kier molecular flexibility index (Phi) is 5.58. The Morgan fingerprint density at radius 3 is 2.67 bits per heavy atom. The van der Waals surface area contributed by atoms with Crippen molar-refractivity contribution in [3.8, 4) is 0 Å². The molecule has 90 valence electrons. The van der Waals surface area contributed by atoms with Gasteiger partial charge in [-0.1, -0.05) is 13.8 Å². The standard InChI is InChI=1S/C12H27N3/c1-5-15-7-6-14(10-12(15)3)9-11(2)8-13-4/h11-13H,5-10H2,1-4H3. The molecular weight excluding hydrogens is 186 g/mol. The maximum Gasteiger partial charge on any atom is 0.0195 e. The number of nitrogens with one attached hydrogen (secondary N) is 1. The van der Waals surface area contributed by atoms with Crippen LogP contribution in [0.5, 0.6) is 0 Å². The fraction of sp³-hybridized carbons (Fsp3) is 1.00. The predicted octanol–water partition coefficient (Wildman–Crippen LogP) is 0.868. The molecule has 0 aliphatic carbocycles. The average Bonchev–Trinajstić information content (AvgIpc) is 2.18. The molecule has 0 amide bonds. The molecule has 0 radical (unpaired) electrons. The van der Waals surface area contributed by atoms with Crippen molar-refractivity contribution in [1.29, 1.82) is 0 Å². The molecule has 0 aromatic heterocycles. The zero-order valence-corrected chi connectivity index (χ0v) is 10.8. The van der Waals surface area contributed by atoms with Crippen molar-refractivity contribution < 1.29 is 0 Å². The molecule has 1 fully saturated rings. The van der Waals surface area contributed by atoms with Gasteiger partial charge >= 0.3 is 0 Å². The molecule has 15 heavy (non-hydrogen) atoms. The fourth-order valence-corrected chi connectivity index (χ4v) is 2.56. The van der Waals surface area contributed by atoms with E-state index in [2.05, 4.69) is 35.9 Å². The third-order valence-electron chi connectivity index (χ3n) is 3.38. The Morgan fingerprint density at radius 2 is 2.13 bits per heavy atom. The van der Waals surface area contributed by atoms with Crippen LogP contribution in [0.15, 0.2) is 0 Å². The normalized spacial score (nSPS) is 26.8.